The number of hydrogen-bond acceptors (Lipinski definition) is 4. The van der Waals surface area contributed by atoms with Crippen LogP contribution in [0, 0.1) is 0 Å². The molecule has 1 fully saturated rings. The molecule has 28 heavy (non-hydrogen) atoms. The highest BCUT2D eigenvalue weighted by Crippen LogP contribution is 2.22. The highest BCUT2D eigenvalue weighted by molar-refractivity contribution is 5.82. The van der Waals surface area contributed by atoms with Crippen LogP contribution in [0.25, 0.3) is 11.3 Å². The van der Waals surface area contributed by atoms with Crippen LogP contribution in [0.5, 0.6) is 0 Å². The number of morpholine rings is 1. The standard InChI is InChI=1S/C22H24N4O2/c27-22(20-16-28-12-11-23-20)24-13-19-15-26(14-17-7-3-1-4-8-17)25-21(19)18-9-5-2-6-10-18/h1-10,15,20,23H,11-14,16H2,(H,24,27). The Morgan fingerprint density at radius 1 is 1.14 bits per heavy atom. The quantitative estimate of drug-likeness (QED) is 0.692. The van der Waals surface area contributed by atoms with Gasteiger partial charge in [0.05, 0.1) is 25.5 Å². The molecule has 1 aliphatic heterocycles. The zero-order chi connectivity index (χ0) is 19.2. The van der Waals surface area contributed by atoms with Crippen molar-refractivity contribution in [2.75, 3.05) is 19.8 Å². The minimum absolute atomic E-state index is 0.0467. The molecule has 3 aromatic rings. The molecule has 2 N–H and O–H groups in total. The lowest BCUT2D eigenvalue weighted by Crippen LogP contribution is -2.51. The molecule has 1 aliphatic rings. The van der Waals surface area contributed by atoms with Crippen molar-refractivity contribution in [1.82, 2.24) is 20.4 Å². The maximum Gasteiger partial charge on any atom is 0.239 e. The molecule has 6 heteroatoms. The minimum Gasteiger partial charge on any atom is -0.378 e. The van der Waals surface area contributed by atoms with Gasteiger partial charge in [-0.15, -0.1) is 0 Å². The van der Waals surface area contributed by atoms with Gasteiger partial charge in [-0.05, 0) is 5.56 Å². The number of amides is 1. The molecular formula is C22H24N4O2. The van der Waals surface area contributed by atoms with Crippen LogP contribution >= 0.6 is 0 Å². The molecule has 0 radical (unpaired) electrons. The van der Waals surface area contributed by atoms with Gasteiger partial charge in [0.15, 0.2) is 0 Å². The van der Waals surface area contributed by atoms with Crippen LogP contribution in [0.1, 0.15) is 11.1 Å². The van der Waals surface area contributed by atoms with Crippen molar-refractivity contribution in [3.8, 4) is 11.3 Å². The van der Waals surface area contributed by atoms with Crippen molar-refractivity contribution >= 4 is 5.91 Å². The second-order valence-corrected chi connectivity index (χ2v) is 6.85. The maximum absolute atomic E-state index is 12.4. The van der Waals surface area contributed by atoms with E-state index in [-0.39, 0.29) is 11.9 Å². The van der Waals surface area contributed by atoms with Crippen molar-refractivity contribution in [2.24, 2.45) is 0 Å². The molecule has 0 aliphatic carbocycles. The summed E-state index contributed by atoms with van der Waals surface area (Å²) in [5.74, 6) is -0.0467. The van der Waals surface area contributed by atoms with E-state index >= 15 is 0 Å². The molecule has 2 heterocycles. The molecule has 1 saturated heterocycles. The Morgan fingerprint density at radius 2 is 1.89 bits per heavy atom. The molecule has 0 saturated carbocycles. The fourth-order valence-corrected chi connectivity index (χ4v) is 3.32. The highest BCUT2D eigenvalue weighted by Gasteiger charge is 2.21. The Labute approximate surface area is 164 Å². The fourth-order valence-electron chi connectivity index (χ4n) is 3.32. The zero-order valence-corrected chi connectivity index (χ0v) is 15.7. The summed E-state index contributed by atoms with van der Waals surface area (Å²) in [5, 5.41) is 11.0. The van der Waals surface area contributed by atoms with Crippen LogP contribution in [-0.4, -0.2) is 41.5 Å². The fraction of sp³-hybridized carbons (Fsp3) is 0.273. The van der Waals surface area contributed by atoms with E-state index in [1.165, 1.54) is 5.56 Å². The molecule has 1 unspecified atom stereocenters. The molecule has 4 rings (SSSR count). The lowest BCUT2D eigenvalue weighted by atomic mass is 10.1. The number of rotatable bonds is 6. The third-order valence-electron chi connectivity index (χ3n) is 4.76. The monoisotopic (exact) mass is 376 g/mol. The van der Waals surface area contributed by atoms with Crippen molar-refractivity contribution < 1.29 is 9.53 Å². The Hall–Kier alpha value is -2.96. The average Bonchev–Trinajstić information content (AvgIpc) is 3.16. The van der Waals surface area contributed by atoms with E-state index in [2.05, 4.69) is 22.8 Å². The van der Waals surface area contributed by atoms with Crippen molar-refractivity contribution in [3.63, 3.8) is 0 Å². The Bertz CT molecular complexity index is 903. The molecular weight excluding hydrogens is 352 g/mol. The van der Waals surface area contributed by atoms with E-state index in [9.17, 15) is 4.79 Å². The van der Waals surface area contributed by atoms with Crippen LogP contribution in [0.15, 0.2) is 66.9 Å². The first kappa shape index (κ1) is 18.4. The molecule has 1 atom stereocenters. The van der Waals surface area contributed by atoms with Gasteiger partial charge in [0.25, 0.3) is 0 Å². The van der Waals surface area contributed by atoms with Gasteiger partial charge in [-0.1, -0.05) is 60.7 Å². The molecule has 2 aromatic carbocycles. The summed E-state index contributed by atoms with van der Waals surface area (Å²) >= 11 is 0. The number of carbonyl (C=O) groups excluding carboxylic acids is 1. The summed E-state index contributed by atoms with van der Waals surface area (Å²) in [6.45, 7) is 2.86. The predicted molar refractivity (Wildman–Crippen MR) is 108 cm³/mol. The summed E-state index contributed by atoms with van der Waals surface area (Å²) < 4.78 is 7.31. The first-order valence-corrected chi connectivity index (χ1v) is 9.54. The molecule has 144 valence electrons. The van der Waals surface area contributed by atoms with Crippen LogP contribution in [0.2, 0.25) is 0 Å². The van der Waals surface area contributed by atoms with E-state index in [0.29, 0.717) is 32.8 Å². The summed E-state index contributed by atoms with van der Waals surface area (Å²) in [4.78, 5) is 12.4. The zero-order valence-electron chi connectivity index (χ0n) is 15.7. The second-order valence-electron chi connectivity index (χ2n) is 6.85. The number of aromatic nitrogens is 2. The molecule has 0 bridgehead atoms. The third-order valence-corrected chi connectivity index (χ3v) is 4.76. The van der Waals surface area contributed by atoms with Gasteiger partial charge in [-0.2, -0.15) is 5.10 Å². The van der Waals surface area contributed by atoms with Gasteiger partial charge in [0.2, 0.25) is 5.91 Å². The number of hydrogen-bond donors (Lipinski definition) is 2. The van der Waals surface area contributed by atoms with Crippen LogP contribution in [-0.2, 0) is 22.6 Å². The van der Waals surface area contributed by atoms with Crippen molar-refractivity contribution in [3.05, 3.63) is 78.0 Å². The van der Waals surface area contributed by atoms with Gasteiger partial charge in [0.1, 0.15) is 6.04 Å². The van der Waals surface area contributed by atoms with Crippen molar-refractivity contribution in [2.45, 2.75) is 19.1 Å². The third kappa shape index (κ3) is 4.47. The normalized spacial score (nSPS) is 16.6. The molecule has 1 amide bonds. The average molecular weight is 376 g/mol. The van der Waals surface area contributed by atoms with E-state index in [1.54, 1.807) is 0 Å². The van der Waals surface area contributed by atoms with E-state index in [4.69, 9.17) is 9.84 Å². The topological polar surface area (TPSA) is 68.2 Å². The van der Waals surface area contributed by atoms with E-state index < -0.39 is 0 Å². The number of ether oxygens (including phenoxy) is 1. The molecule has 1 aromatic heterocycles. The Morgan fingerprint density at radius 3 is 2.61 bits per heavy atom. The van der Waals surface area contributed by atoms with Gasteiger partial charge in [0, 0.05) is 30.4 Å². The van der Waals surface area contributed by atoms with Crippen LogP contribution in [0.3, 0.4) is 0 Å². The number of benzene rings is 2. The van der Waals surface area contributed by atoms with Gasteiger partial charge < -0.3 is 15.4 Å². The first-order chi connectivity index (χ1) is 13.8. The van der Waals surface area contributed by atoms with Crippen molar-refractivity contribution in [1.29, 1.82) is 0 Å². The maximum atomic E-state index is 12.4. The summed E-state index contributed by atoms with van der Waals surface area (Å²) in [7, 11) is 0. The molecule has 0 spiro atoms. The largest absolute Gasteiger partial charge is 0.378 e. The number of nitrogens with one attached hydrogen (secondary N) is 2. The second kappa shape index (κ2) is 8.82. The SMILES string of the molecule is O=C(NCc1cn(Cc2ccccc2)nc1-c1ccccc1)C1COCCN1. The lowest BCUT2D eigenvalue weighted by molar-refractivity contribution is -0.126. The smallest absolute Gasteiger partial charge is 0.239 e. The Kier molecular flexibility index (Phi) is 5.80. The van der Waals surface area contributed by atoms with Crippen LogP contribution in [0.4, 0.5) is 0 Å². The van der Waals surface area contributed by atoms with Gasteiger partial charge in [-0.3, -0.25) is 9.48 Å². The lowest BCUT2D eigenvalue weighted by Gasteiger charge is -2.22. The van der Waals surface area contributed by atoms with E-state index in [1.807, 2.05) is 59.4 Å². The predicted octanol–water partition coefficient (Wildman–Crippen LogP) is 2.20. The number of carbonyl (C=O) groups is 1. The van der Waals surface area contributed by atoms with Crippen LogP contribution < -0.4 is 10.6 Å². The summed E-state index contributed by atoms with van der Waals surface area (Å²) in [5.41, 5.74) is 4.11. The Balaban J connectivity index is 1.53. The first-order valence-electron chi connectivity index (χ1n) is 9.54. The summed E-state index contributed by atoms with van der Waals surface area (Å²) in [6, 6.07) is 20.0. The summed E-state index contributed by atoms with van der Waals surface area (Å²) in [6.07, 6.45) is 2.01. The number of nitrogens with zero attached hydrogens (tertiary/aromatic N) is 2. The molecule has 6 nitrogen and oxygen atoms in total. The van der Waals surface area contributed by atoms with Gasteiger partial charge in [-0.25, -0.2) is 0 Å². The highest BCUT2D eigenvalue weighted by atomic mass is 16.5. The van der Waals surface area contributed by atoms with E-state index in [0.717, 1.165) is 16.8 Å². The van der Waals surface area contributed by atoms with Gasteiger partial charge >= 0.3 is 0 Å². The minimum atomic E-state index is -0.298.